The van der Waals surface area contributed by atoms with Crippen LogP contribution in [0.3, 0.4) is 0 Å². The summed E-state index contributed by atoms with van der Waals surface area (Å²) >= 11 is 2.77. The molecule has 2 aliphatic heterocycles. The Balaban J connectivity index is 1.47. The highest BCUT2D eigenvalue weighted by Gasteiger charge is 2.53. The smallest absolute Gasteiger partial charge is 0.359 e. The first-order chi connectivity index (χ1) is 16.1. The van der Waals surface area contributed by atoms with Crippen LogP contribution in [0, 0.1) is 0 Å². The second-order valence-electron chi connectivity index (χ2n) is 7.48. The maximum Gasteiger partial charge on any atom is 0.359 e. The van der Waals surface area contributed by atoms with Crippen molar-refractivity contribution in [1.82, 2.24) is 15.1 Å². The maximum absolute atomic E-state index is 13.5. The molecule has 0 radical (unpaired) electrons. The molecule has 1 saturated heterocycles. The van der Waals surface area contributed by atoms with Gasteiger partial charge in [0.2, 0.25) is 5.91 Å². The van der Waals surface area contributed by atoms with Crippen LogP contribution in [0.15, 0.2) is 82.0 Å². The lowest BCUT2D eigenvalue weighted by molar-refractivity contribution is -0.160. The third kappa shape index (κ3) is 4.24. The zero-order valence-electron chi connectivity index (χ0n) is 17.4. The maximum atomic E-state index is 13.5. The van der Waals surface area contributed by atoms with E-state index in [1.54, 1.807) is 5.51 Å². The summed E-state index contributed by atoms with van der Waals surface area (Å²) in [7, 11) is 0. The molecular weight excluding hydrogens is 460 g/mol. The third-order valence-corrected chi connectivity index (χ3v) is 7.35. The monoisotopic (exact) mass is 480 g/mol. The van der Waals surface area contributed by atoms with E-state index in [0.29, 0.717) is 11.5 Å². The minimum atomic E-state index is -0.691. The van der Waals surface area contributed by atoms with Gasteiger partial charge in [-0.15, -0.1) is 10.2 Å². The molecule has 5 rings (SSSR count). The number of carbonyl (C=O) groups is 2. The molecule has 2 aliphatic rings. The normalized spacial score (nSPS) is 19.7. The van der Waals surface area contributed by atoms with Gasteiger partial charge in [-0.2, -0.15) is 0 Å². The number of fused-ring (bicyclic) bond motifs is 1. The number of rotatable bonds is 7. The molecule has 168 valence electrons. The summed E-state index contributed by atoms with van der Waals surface area (Å²) < 4.78 is 12.7. The summed E-state index contributed by atoms with van der Waals surface area (Å²) in [6, 6.07) is 17.9. The van der Waals surface area contributed by atoms with Crippen LogP contribution >= 0.6 is 23.1 Å². The second-order valence-corrected chi connectivity index (χ2v) is 9.54. The Morgan fingerprint density at radius 1 is 1.18 bits per heavy atom. The Bertz CT molecular complexity index is 1130. The molecule has 2 unspecified atom stereocenters. The van der Waals surface area contributed by atoms with E-state index in [9.17, 15) is 9.59 Å². The number of ether oxygens (including phenoxy) is 2. The van der Waals surface area contributed by atoms with Crippen LogP contribution in [0.1, 0.15) is 17.2 Å². The molecule has 1 amide bonds. The molecule has 0 bridgehead atoms. The van der Waals surface area contributed by atoms with Gasteiger partial charge in [0.1, 0.15) is 23.9 Å². The third-order valence-electron chi connectivity index (χ3n) is 5.49. The molecule has 3 aromatic rings. The predicted molar refractivity (Wildman–Crippen MR) is 123 cm³/mol. The van der Waals surface area contributed by atoms with Crippen molar-refractivity contribution in [2.75, 3.05) is 12.4 Å². The van der Waals surface area contributed by atoms with Crippen LogP contribution in [0.2, 0.25) is 0 Å². The number of aromatic nitrogens is 2. The summed E-state index contributed by atoms with van der Waals surface area (Å²) in [6.45, 7) is 0.233. The van der Waals surface area contributed by atoms with Gasteiger partial charge in [0.15, 0.2) is 16.1 Å². The number of amides is 1. The van der Waals surface area contributed by atoms with Crippen LogP contribution in [-0.4, -0.2) is 51.4 Å². The second kappa shape index (κ2) is 9.34. The van der Waals surface area contributed by atoms with Crippen molar-refractivity contribution >= 4 is 35.0 Å². The zero-order valence-corrected chi connectivity index (χ0v) is 19.0. The first-order valence-corrected chi connectivity index (χ1v) is 12.1. The standard InChI is InChI=1S/C23H20N4O4S2/c24-18-16-11-30-17(12-32-23-26-25-13-33-23)19(27(16)21(18)28)22(29)31-20(14-7-3-1-4-8-14)15-9-5-2-6-10-15/h1-10,13,16,18,20H,11-12,24H2. The van der Waals surface area contributed by atoms with Crippen molar-refractivity contribution in [1.29, 1.82) is 0 Å². The molecule has 2 N–H and O–H groups in total. The Labute approximate surface area is 198 Å². The molecule has 8 nitrogen and oxygen atoms in total. The molecule has 33 heavy (non-hydrogen) atoms. The summed E-state index contributed by atoms with van der Waals surface area (Å²) in [4.78, 5) is 27.5. The molecule has 2 atom stereocenters. The Hall–Kier alpha value is -3.21. The van der Waals surface area contributed by atoms with Gasteiger partial charge < -0.3 is 15.2 Å². The van der Waals surface area contributed by atoms with Gasteiger partial charge >= 0.3 is 5.97 Å². The fraction of sp³-hybridized carbons (Fsp3) is 0.217. The number of esters is 1. The van der Waals surface area contributed by atoms with Crippen LogP contribution < -0.4 is 5.73 Å². The van der Waals surface area contributed by atoms with E-state index in [4.69, 9.17) is 15.2 Å². The van der Waals surface area contributed by atoms with E-state index in [-0.39, 0.29) is 24.3 Å². The lowest BCUT2D eigenvalue weighted by atomic mass is 9.93. The molecule has 10 heteroatoms. The van der Waals surface area contributed by atoms with Gasteiger partial charge in [-0.05, 0) is 11.1 Å². The van der Waals surface area contributed by atoms with Gasteiger partial charge in [0.25, 0.3) is 0 Å². The number of nitrogens with zero attached hydrogens (tertiary/aromatic N) is 3. The van der Waals surface area contributed by atoms with E-state index < -0.39 is 18.1 Å². The molecular formula is C23H20N4O4S2. The minimum absolute atomic E-state index is 0.104. The highest BCUT2D eigenvalue weighted by Crippen LogP contribution is 2.36. The van der Waals surface area contributed by atoms with Crippen LogP contribution in [0.5, 0.6) is 0 Å². The first kappa shape index (κ1) is 21.6. The van der Waals surface area contributed by atoms with Gasteiger partial charge in [-0.1, -0.05) is 83.8 Å². The number of hydrogen-bond acceptors (Lipinski definition) is 9. The predicted octanol–water partition coefficient (Wildman–Crippen LogP) is 2.74. The average molecular weight is 481 g/mol. The molecule has 1 aromatic heterocycles. The van der Waals surface area contributed by atoms with Crippen molar-refractivity contribution in [3.05, 3.63) is 88.8 Å². The number of hydrogen-bond donors (Lipinski definition) is 1. The quantitative estimate of drug-likeness (QED) is 0.313. The highest BCUT2D eigenvalue weighted by atomic mass is 32.2. The van der Waals surface area contributed by atoms with Gasteiger partial charge in [0.05, 0.1) is 11.8 Å². The fourth-order valence-corrected chi connectivity index (χ4v) is 5.27. The van der Waals surface area contributed by atoms with E-state index in [0.717, 1.165) is 15.5 Å². The Kier molecular flexibility index (Phi) is 6.12. The highest BCUT2D eigenvalue weighted by molar-refractivity contribution is 8.01. The number of benzene rings is 2. The van der Waals surface area contributed by atoms with Gasteiger partial charge in [-0.3, -0.25) is 9.69 Å². The summed E-state index contributed by atoms with van der Waals surface area (Å²) in [5.74, 6) is -0.265. The number of β-lactam (4-membered cyclic amide) rings is 1. The van der Waals surface area contributed by atoms with Crippen LogP contribution in [-0.2, 0) is 19.1 Å². The molecule has 0 aliphatic carbocycles. The van der Waals surface area contributed by atoms with E-state index in [2.05, 4.69) is 10.2 Å². The van der Waals surface area contributed by atoms with Crippen molar-refractivity contribution in [3.8, 4) is 0 Å². The van der Waals surface area contributed by atoms with Gasteiger partial charge in [0, 0.05) is 0 Å². The van der Waals surface area contributed by atoms with Crippen molar-refractivity contribution in [3.63, 3.8) is 0 Å². The van der Waals surface area contributed by atoms with Crippen LogP contribution in [0.25, 0.3) is 0 Å². The summed E-state index contributed by atoms with van der Waals surface area (Å²) in [6.07, 6.45) is -0.644. The molecule has 0 saturated carbocycles. The fourth-order valence-electron chi connectivity index (χ4n) is 3.83. The van der Waals surface area contributed by atoms with Crippen molar-refractivity contribution in [2.45, 2.75) is 22.5 Å². The van der Waals surface area contributed by atoms with E-state index in [1.807, 2.05) is 60.7 Å². The SMILES string of the molecule is NC1C(=O)N2C(C(=O)OC(c3ccccc3)c3ccccc3)=C(CSc3nncs3)OCC12. The van der Waals surface area contributed by atoms with E-state index >= 15 is 0 Å². The Morgan fingerprint density at radius 3 is 2.45 bits per heavy atom. The topological polar surface area (TPSA) is 108 Å². The molecule has 3 heterocycles. The van der Waals surface area contributed by atoms with Gasteiger partial charge in [-0.25, -0.2) is 4.79 Å². The molecule has 1 fully saturated rings. The largest absolute Gasteiger partial charge is 0.492 e. The lowest BCUT2D eigenvalue weighted by Gasteiger charge is -2.48. The number of thioether (sulfide) groups is 1. The average Bonchev–Trinajstić information content (AvgIpc) is 3.39. The molecule has 2 aromatic carbocycles. The first-order valence-electron chi connectivity index (χ1n) is 10.3. The molecule has 0 spiro atoms. The number of nitrogens with two attached hydrogens (primary N) is 1. The summed E-state index contributed by atoms with van der Waals surface area (Å²) in [5, 5.41) is 7.83. The zero-order chi connectivity index (χ0) is 22.8. The Morgan fingerprint density at radius 2 is 1.85 bits per heavy atom. The lowest BCUT2D eigenvalue weighted by Crippen LogP contribution is -2.71. The van der Waals surface area contributed by atoms with E-state index in [1.165, 1.54) is 28.0 Å². The number of carbonyl (C=O) groups excluding carboxylic acids is 2. The summed E-state index contributed by atoms with van der Waals surface area (Å²) in [5.41, 5.74) is 9.33. The van der Waals surface area contributed by atoms with Crippen molar-refractivity contribution in [2.24, 2.45) is 5.73 Å². The van der Waals surface area contributed by atoms with Crippen LogP contribution in [0.4, 0.5) is 0 Å². The van der Waals surface area contributed by atoms with Crippen molar-refractivity contribution < 1.29 is 19.1 Å². The minimum Gasteiger partial charge on any atom is -0.492 e.